The van der Waals surface area contributed by atoms with Gasteiger partial charge in [-0.3, -0.25) is 9.59 Å². The van der Waals surface area contributed by atoms with Crippen LogP contribution in [0.4, 0.5) is 0 Å². The average molecular weight is 302 g/mol. The number of nitriles is 1. The summed E-state index contributed by atoms with van der Waals surface area (Å²) in [6.45, 7) is 5.42. The number of carbonyl (C=O) groups excluding carboxylic acids is 1. The first-order chi connectivity index (χ1) is 10.4. The molecular weight excluding hydrogens is 280 g/mol. The van der Waals surface area contributed by atoms with Gasteiger partial charge in [-0.2, -0.15) is 10.4 Å². The van der Waals surface area contributed by atoms with Crippen molar-refractivity contribution in [2.45, 2.75) is 59.0 Å². The van der Waals surface area contributed by atoms with Crippen molar-refractivity contribution >= 4 is 5.91 Å². The number of hydrogen-bond donors (Lipinski definition) is 1. The third-order valence-electron chi connectivity index (χ3n) is 4.50. The molecule has 6 heteroatoms. The molecular formula is C16H22N4O2. The van der Waals surface area contributed by atoms with Crippen LogP contribution in [0, 0.1) is 31.1 Å². The molecule has 0 saturated heterocycles. The number of rotatable bonds is 3. The first kappa shape index (κ1) is 16.2. The Balaban J connectivity index is 2.14. The number of aromatic nitrogens is 2. The lowest BCUT2D eigenvalue weighted by molar-refractivity contribution is -0.123. The summed E-state index contributed by atoms with van der Waals surface area (Å²) in [6.07, 6.45) is 4.42. The molecule has 0 aliphatic heterocycles. The van der Waals surface area contributed by atoms with Crippen molar-refractivity contribution < 1.29 is 4.79 Å². The van der Waals surface area contributed by atoms with Gasteiger partial charge in [-0.05, 0) is 38.2 Å². The van der Waals surface area contributed by atoms with Gasteiger partial charge < -0.3 is 5.32 Å². The zero-order chi connectivity index (χ0) is 16.3. The molecule has 1 aromatic heterocycles. The number of carbonyl (C=O) groups is 1. The third kappa shape index (κ3) is 3.35. The normalized spacial score (nSPS) is 21.2. The van der Waals surface area contributed by atoms with Crippen LogP contribution in [-0.4, -0.2) is 21.7 Å². The van der Waals surface area contributed by atoms with E-state index in [0.717, 1.165) is 23.9 Å². The van der Waals surface area contributed by atoms with Gasteiger partial charge in [-0.15, -0.1) is 0 Å². The van der Waals surface area contributed by atoms with Crippen molar-refractivity contribution in [3.05, 3.63) is 27.2 Å². The number of amides is 1. The molecule has 2 atom stereocenters. The number of nitrogens with zero attached hydrogens (tertiary/aromatic N) is 3. The van der Waals surface area contributed by atoms with Gasteiger partial charge in [0, 0.05) is 6.04 Å². The largest absolute Gasteiger partial charge is 0.351 e. The first-order valence-electron chi connectivity index (χ1n) is 7.71. The smallest absolute Gasteiger partial charge is 0.285 e. The molecule has 1 aliphatic carbocycles. The SMILES string of the molecule is Cc1nn(CC(=O)N[C@@H]2CCCC[C@H]2C)c(=O)c(C#N)c1C. The lowest BCUT2D eigenvalue weighted by Crippen LogP contribution is -2.44. The molecule has 1 heterocycles. The van der Waals surface area contributed by atoms with E-state index < -0.39 is 5.56 Å². The molecule has 0 aromatic carbocycles. The lowest BCUT2D eigenvalue weighted by Gasteiger charge is -2.29. The van der Waals surface area contributed by atoms with Crippen molar-refractivity contribution in [2.75, 3.05) is 0 Å². The molecule has 22 heavy (non-hydrogen) atoms. The number of nitrogens with one attached hydrogen (secondary N) is 1. The summed E-state index contributed by atoms with van der Waals surface area (Å²) in [6, 6.07) is 2.07. The number of aryl methyl sites for hydroxylation is 1. The molecule has 1 saturated carbocycles. The van der Waals surface area contributed by atoms with Gasteiger partial charge in [0.2, 0.25) is 5.91 Å². The lowest BCUT2D eigenvalue weighted by atomic mass is 9.86. The van der Waals surface area contributed by atoms with Crippen molar-refractivity contribution in [2.24, 2.45) is 5.92 Å². The maximum atomic E-state index is 12.2. The molecule has 0 unspecified atom stereocenters. The second-order valence-electron chi connectivity index (χ2n) is 6.10. The maximum Gasteiger partial charge on any atom is 0.285 e. The highest BCUT2D eigenvalue weighted by Crippen LogP contribution is 2.23. The van der Waals surface area contributed by atoms with Gasteiger partial charge in [0.1, 0.15) is 18.2 Å². The zero-order valence-electron chi connectivity index (χ0n) is 13.3. The van der Waals surface area contributed by atoms with Crippen LogP contribution in [0.5, 0.6) is 0 Å². The standard InChI is InChI=1S/C16H22N4O2/c1-10-6-4-5-7-14(10)18-15(21)9-20-16(22)13(8-17)11(2)12(3)19-20/h10,14H,4-7,9H2,1-3H3,(H,18,21)/t10-,14-/m1/s1. The molecule has 0 radical (unpaired) electrons. The van der Waals surface area contributed by atoms with Gasteiger partial charge in [0.25, 0.3) is 5.56 Å². The second-order valence-corrected chi connectivity index (χ2v) is 6.10. The van der Waals surface area contributed by atoms with E-state index in [1.54, 1.807) is 13.8 Å². The van der Waals surface area contributed by atoms with Crippen LogP contribution >= 0.6 is 0 Å². The summed E-state index contributed by atoms with van der Waals surface area (Å²) in [5.41, 5.74) is 0.726. The van der Waals surface area contributed by atoms with Gasteiger partial charge >= 0.3 is 0 Å². The maximum absolute atomic E-state index is 12.2. The Morgan fingerprint density at radius 3 is 2.73 bits per heavy atom. The van der Waals surface area contributed by atoms with E-state index in [-0.39, 0.29) is 24.1 Å². The highest BCUT2D eigenvalue weighted by molar-refractivity contribution is 5.76. The minimum absolute atomic E-state index is 0.0614. The van der Waals surface area contributed by atoms with E-state index >= 15 is 0 Å². The van der Waals surface area contributed by atoms with Crippen LogP contribution in [0.25, 0.3) is 0 Å². The van der Waals surface area contributed by atoms with Crippen LogP contribution in [0.15, 0.2) is 4.79 Å². The highest BCUT2D eigenvalue weighted by Gasteiger charge is 2.23. The summed E-state index contributed by atoms with van der Waals surface area (Å²) in [5, 5.41) is 16.2. The van der Waals surface area contributed by atoms with Crippen molar-refractivity contribution in [1.29, 1.82) is 5.26 Å². The average Bonchev–Trinajstić information content (AvgIpc) is 2.48. The van der Waals surface area contributed by atoms with E-state index in [4.69, 9.17) is 5.26 Å². The van der Waals surface area contributed by atoms with Crippen LogP contribution in [0.2, 0.25) is 0 Å². The Bertz CT molecular complexity index is 672. The quantitative estimate of drug-likeness (QED) is 0.914. The fraction of sp³-hybridized carbons (Fsp3) is 0.625. The fourth-order valence-corrected chi connectivity index (χ4v) is 2.93. The van der Waals surface area contributed by atoms with Gasteiger partial charge in [0.05, 0.1) is 5.69 Å². The molecule has 0 bridgehead atoms. The Morgan fingerprint density at radius 1 is 1.41 bits per heavy atom. The Labute approximate surface area is 130 Å². The molecule has 6 nitrogen and oxygen atoms in total. The predicted molar refractivity (Wildman–Crippen MR) is 82.2 cm³/mol. The molecule has 1 N–H and O–H groups in total. The van der Waals surface area contributed by atoms with Crippen molar-refractivity contribution in [1.82, 2.24) is 15.1 Å². The minimum atomic E-state index is -0.502. The summed E-state index contributed by atoms with van der Waals surface area (Å²) >= 11 is 0. The number of hydrogen-bond acceptors (Lipinski definition) is 4. The van der Waals surface area contributed by atoms with Crippen LogP contribution < -0.4 is 10.9 Å². The highest BCUT2D eigenvalue weighted by atomic mass is 16.2. The van der Waals surface area contributed by atoms with Crippen LogP contribution in [-0.2, 0) is 11.3 Å². The van der Waals surface area contributed by atoms with E-state index in [1.807, 2.05) is 6.07 Å². The van der Waals surface area contributed by atoms with Crippen LogP contribution in [0.1, 0.15) is 49.4 Å². The molecule has 2 rings (SSSR count). The van der Waals surface area contributed by atoms with Gasteiger partial charge in [-0.1, -0.05) is 19.8 Å². The first-order valence-corrected chi connectivity index (χ1v) is 7.71. The zero-order valence-corrected chi connectivity index (χ0v) is 13.3. The fourth-order valence-electron chi connectivity index (χ4n) is 2.93. The predicted octanol–water partition coefficient (Wildman–Crippen LogP) is 1.43. The van der Waals surface area contributed by atoms with E-state index in [2.05, 4.69) is 17.3 Å². The molecule has 0 spiro atoms. The second kappa shape index (κ2) is 6.73. The molecule has 1 aromatic rings. The molecule has 1 fully saturated rings. The summed E-state index contributed by atoms with van der Waals surface area (Å²) in [5.74, 6) is 0.234. The molecule has 1 amide bonds. The summed E-state index contributed by atoms with van der Waals surface area (Å²) in [4.78, 5) is 24.3. The summed E-state index contributed by atoms with van der Waals surface area (Å²) in [7, 11) is 0. The van der Waals surface area contributed by atoms with Gasteiger partial charge in [-0.25, -0.2) is 4.68 Å². The van der Waals surface area contributed by atoms with E-state index in [0.29, 0.717) is 17.2 Å². The third-order valence-corrected chi connectivity index (χ3v) is 4.50. The van der Waals surface area contributed by atoms with Crippen LogP contribution in [0.3, 0.4) is 0 Å². The van der Waals surface area contributed by atoms with Gasteiger partial charge in [0.15, 0.2) is 0 Å². The monoisotopic (exact) mass is 302 g/mol. The van der Waals surface area contributed by atoms with E-state index in [9.17, 15) is 9.59 Å². The minimum Gasteiger partial charge on any atom is -0.351 e. The van der Waals surface area contributed by atoms with Crippen molar-refractivity contribution in [3.8, 4) is 6.07 Å². The molecule has 118 valence electrons. The summed E-state index contributed by atoms with van der Waals surface area (Å²) < 4.78 is 1.09. The van der Waals surface area contributed by atoms with E-state index in [1.165, 1.54) is 6.42 Å². The van der Waals surface area contributed by atoms with Crippen molar-refractivity contribution in [3.63, 3.8) is 0 Å². The topological polar surface area (TPSA) is 87.8 Å². The molecule has 1 aliphatic rings. The Kier molecular flexibility index (Phi) is 4.96. The Morgan fingerprint density at radius 2 is 2.09 bits per heavy atom. The Hall–Kier alpha value is -2.16.